The number of aromatic nitrogens is 3. The van der Waals surface area contributed by atoms with Gasteiger partial charge in [0.05, 0.1) is 6.04 Å². The third kappa shape index (κ3) is 3.34. The first-order valence-corrected chi connectivity index (χ1v) is 8.31. The monoisotopic (exact) mass is 330 g/mol. The molecular weight excluding hydrogens is 308 g/mol. The highest BCUT2D eigenvalue weighted by Gasteiger charge is 2.27. The molecule has 0 spiro atoms. The van der Waals surface area contributed by atoms with E-state index in [1.54, 1.807) is 0 Å². The molecule has 3 N–H and O–H groups in total. The lowest BCUT2D eigenvalue weighted by atomic mass is 9.80. The predicted octanol–water partition coefficient (Wildman–Crippen LogP) is 1.08. The Morgan fingerprint density at radius 2 is 1.96 bits per heavy atom. The minimum Gasteiger partial charge on any atom is -0.349 e. The van der Waals surface area contributed by atoms with Crippen LogP contribution < -0.4 is 16.7 Å². The number of amides is 1. The van der Waals surface area contributed by atoms with Gasteiger partial charge in [-0.25, -0.2) is 24.4 Å². The van der Waals surface area contributed by atoms with E-state index < -0.39 is 11.4 Å². The second kappa shape index (κ2) is 6.90. The van der Waals surface area contributed by atoms with Gasteiger partial charge in [-0.2, -0.15) is 0 Å². The molecule has 1 aromatic heterocycles. The van der Waals surface area contributed by atoms with Crippen LogP contribution in [-0.2, 0) is 17.8 Å². The van der Waals surface area contributed by atoms with E-state index in [2.05, 4.69) is 34.6 Å². The Morgan fingerprint density at radius 3 is 2.71 bits per heavy atom. The first-order chi connectivity index (χ1) is 11.6. The summed E-state index contributed by atoms with van der Waals surface area (Å²) in [5.41, 5.74) is 1.54. The van der Waals surface area contributed by atoms with Crippen LogP contribution in [0.4, 0.5) is 0 Å². The summed E-state index contributed by atoms with van der Waals surface area (Å²) in [6.07, 6.45) is 2.82. The summed E-state index contributed by atoms with van der Waals surface area (Å²) in [7, 11) is 0. The first-order valence-electron chi connectivity index (χ1n) is 8.31. The van der Waals surface area contributed by atoms with E-state index in [-0.39, 0.29) is 24.9 Å². The lowest BCUT2D eigenvalue weighted by Gasteiger charge is -2.32. The fourth-order valence-corrected chi connectivity index (χ4v) is 3.32. The smallest absolute Gasteiger partial charge is 0.344 e. The largest absolute Gasteiger partial charge is 0.349 e. The Kier molecular flexibility index (Phi) is 4.69. The van der Waals surface area contributed by atoms with E-state index >= 15 is 0 Å². The second-order valence-corrected chi connectivity index (χ2v) is 6.38. The molecule has 1 aliphatic carbocycles. The molecule has 0 bridgehead atoms. The van der Waals surface area contributed by atoms with E-state index in [0.717, 1.165) is 17.4 Å². The zero-order chi connectivity index (χ0) is 17.1. The minimum atomic E-state index is -0.477. The number of carbonyl (C=O) groups excluding carboxylic acids is 1. The van der Waals surface area contributed by atoms with Crippen molar-refractivity contribution in [2.75, 3.05) is 0 Å². The van der Waals surface area contributed by atoms with Crippen molar-refractivity contribution in [2.45, 2.75) is 45.2 Å². The lowest BCUT2D eigenvalue weighted by molar-refractivity contribution is -0.122. The fourth-order valence-electron chi connectivity index (χ4n) is 3.32. The number of hydrogen-bond acceptors (Lipinski definition) is 3. The second-order valence-electron chi connectivity index (χ2n) is 6.38. The van der Waals surface area contributed by atoms with Gasteiger partial charge < -0.3 is 5.32 Å². The molecule has 1 aliphatic rings. The predicted molar refractivity (Wildman–Crippen MR) is 89.7 cm³/mol. The highest BCUT2D eigenvalue weighted by molar-refractivity contribution is 5.76. The third-order valence-corrected chi connectivity index (χ3v) is 4.70. The molecule has 0 radical (unpaired) electrons. The lowest BCUT2D eigenvalue weighted by Crippen LogP contribution is -2.35. The Morgan fingerprint density at radius 1 is 1.25 bits per heavy atom. The number of benzene rings is 1. The number of carbonyl (C=O) groups is 1. The molecule has 7 nitrogen and oxygen atoms in total. The number of rotatable bonds is 5. The summed E-state index contributed by atoms with van der Waals surface area (Å²) in [5, 5.41) is 7.57. The van der Waals surface area contributed by atoms with Crippen LogP contribution in [0.3, 0.4) is 0 Å². The van der Waals surface area contributed by atoms with Gasteiger partial charge in [-0.3, -0.25) is 4.79 Å². The molecule has 0 aliphatic heterocycles. The maximum atomic E-state index is 12.3. The molecular formula is C17H22N4O3. The van der Waals surface area contributed by atoms with Crippen molar-refractivity contribution in [3.63, 3.8) is 0 Å². The number of nitrogens with one attached hydrogen (secondary N) is 3. The summed E-state index contributed by atoms with van der Waals surface area (Å²) >= 11 is 0. The molecule has 2 unspecified atom stereocenters. The van der Waals surface area contributed by atoms with Crippen molar-refractivity contribution in [1.82, 2.24) is 20.1 Å². The van der Waals surface area contributed by atoms with Gasteiger partial charge in [0.15, 0.2) is 0 Å². The van der Waals surface area contributed by atoms with Crippen molar-refractivity contribution in [3.05, 3.63) is 56.4 Å². The molecule has 2 aromatic rings. The standard InChI is InChI=1S/C17H22N4O3/c1-11-8-9-12-5-2-3-6-13(12)15(11)18-14(22)7-4-10-21-16(23)19-20-17(21)24/h2-3,5-6,11,15H,4,7-10H2,1H3,(H,18,22)(H,19,23)(H,20,24). The van der Waals surface area contributed by atoms with Crippen LogP contribution in [0.2, 0.25) is 0 Å². The van der Waals surface area contributed by atoms with E-state index in [1.165, 1.54) is 11.1 Å². The van der Waals surface area contributed by atoms with Gasteiger partial charge in [0.2, 0.25) is 5.91 Å². The summed E-state index contributed by atoms with van der Waals surface area (Å²) < 4.78 is 1.06. The summed E-state index contributed by atoms with van der Waals surface area (Å²) in [4.78, 5) is 35.0. The van der Waals surface area contributed by atoms with Gasteiger partial charge in [0, 0.05) is 13.0 Å². The quantitative estimate of drug-likeness (QED) is 0.765. The van der Waals surface area contributed by atoms with Gasteiger partial charge >= 0.3 is 11.4 Å². The zero-order valence-electron chi connectivity index (χ0n) is 13.7. The number of aryl methyl sites for hydroxylation is 1. The molecule has 128 valence electrons. The van der Waals surface area contributed by atoms with Crippen LogP contribution in [0.25, 0.3) is 0 Å². The van der Waals surface area contributed by atoms with E-state index in [1.807, 2.05) is 12.1 Å². The van der Waals surface area contributed by atoms with Gasteiger partial charge in [-0.05, 0) is 36.3 Å². The van der Waals surface area contributed by atoms with Crippen molar-refractivity contribution in [1.29, 1.82) is 0 Å². The molecule has 1 heterocycles. The van der Waals surface area contributed by atoms with Gasteiger partial charge in [-0.1, -0.05) is 31.2 Å². The van der Waals surface area contributed by atoms with Crippen LogP contribution in [0.5, 0.6) is 0 Å². The molecule has 0 fully saturated rings. The van der Waals surface area contributed by atoms with Crippen LogP contribution in [0.1, 0.15) is 43.4 Å². The zero-order valence-corrected chi connectivity index (χ0v) is 13.7. The van der Waals surface area contributed by atoms with Crippen LogP contribution >= 0.6 is 0 Å². The van der Waals surface area contributed by atoms with E-state index in [9.17, 15) is 14.4 Å². The maximum absolute atomic E-state index is 12.3. The number of aromatic amines is 2. The highest BCUT2D eigenvalue weighted by atomic mass is 16.2. The molecule has 2 atom stereocenters. The Balaban J connectivity index is 1.59. The number of hydrogen-bond donors (Lipinski definition) is 3. The SMILES string of the molecule is CC1CCc2ccccc2C1NC(=O)CCCn1c(=O)[nH][nH]c1=O. The van der Waals surface area contributed by atoms with Crippen molar-refractivity contribution < 1.29 is 4.79 Å². The molecule has 24 heavy (non-hydrogen) atoms. The van der Waals surface area contributed by atoms with Gasteiger partial charge in [0.1, 0.15) is 0 Å². The highest BCUT2D eigenvalue weighted by Crippen LogP contribution is 2.34. The van der Waals surface area contributed by atoms with Crippen molar-refractivity contribution in [2.24, 2.45) is 5.92 Å². The average molecular weight is 330 g/mol. The summed E-state index contributed by atoms with van der Waals surface area (Å²) in [6, 6.07) is 8.25. The van der Waals surface area contributed by atoms with Crippen molar-refractivity contribution in [3.8, 4) is 0 Å². The van der Waals surface area contributed by atoms with Crippen molar-refractivity contribution >= 4 is 5.91 Å². The van der Waals surface area contributed by atoms with Crippen LogP contribution in [-0.4, -0.2) is 20.7 Å². The Bertz CT molecular complexity index is 805. The molecule has 0 saturated carbocycles. The van der Waals surface area contributed by atoms with Crippen LogP contribution in [0, 0.1) is 5.92 Å². The van der Waals surface area contributed by atoms with Crippen LogP contribution in [0.15, 0.2) is 33.9 Å². The molecule has 0 saturated heterocycles. The minimum absolute atomic E-state index is 0.0285. The summed E-state index contributed by atoms with van der Waals surface area (Å²) in [6.45, 7) is 2.38. The average Bonchev–Trinajstić information content (AvgIpc) is 2.89. The Labute approximate surface area is 139 Å². The maximum Gasteiger partial charge on any atom is 0.344 e. The third-order valence-electron chi connectivity index (χ3n) is 4.70. The number of nitrogens with zero attached hydrogens (tertiary/aromatic N) is 1. The van der Waals surface area contributed by atoms with E-state index in [4.69, 9.17) is 0 Å². The topological polar surface area (TPSA) is 99.8 Å². The Hall–Kier alpha value is -2.57. The number of H-pyrrole nitrogens is 2. The first kappa shape index (κ1) is 16.3. The van der Waals surface area contributed by atoms with Gasteiger partial charge in [0.25, 0.3) is 0 Å². The molecule has 1 amide bonds. The fraction of sp³-hybridized carbons (Fsp3) is 0.471. The molecule has 3 rings (SSSR count). The molecule has 1 aromatic carbocycles. The van der Waals surface area contributed by atoms with Gasteiger partial charge in [-0.15, -0.1) is 0 Å². The summed E-state index contributed by atoms with van der Waals surface area (Å²) in [5.74, 6) is 0.336. The molecule has 7 heteroatoms. The number of fused-ring (bicyclic) bond motifs is 1. The van der Waals surface area contributed by atoms with E-state index in [0.29, 0.717) is 12.3 Å². The normalized spacial score (nSPS) is 19.7.